The van der Waals surface area contributed by atoms with E-state index in [1.54, 1.807) is 0 Å². The first-order valence-electron chi connectivity index (χ1n) is 3.37. The molecule has 1 unspecified atom stereocenters. The second-order valence-corrected chi connectivity index (χ2v) is 3.39. The topological polar surface area (TPSA) is 12.0 Å². The zero-order chi connectivity index (χ0) is 7.84. The Morgan fingerprint density at radius 2 is 2.09 bits per heavy atom. The summed E-state index contributed by atoms with van der Waals surface area (Å²) in [7, 11) is 0. The number of hydrogen-bond acceptors (Lipinski definition) is 2. The predicted octanol–water partition coefficient (Wildman–Crippen LogP) is 1.89. The Morgan fingerprint density at radius 3 is 2.82 bits per heavy atom. The number of fused-ring (bicyclic) bond motifs is 1. The first-order valence-corrected chi connectivity index (χ1v) is 4.29. The van der Waals surface area contributed by atoms with Crippen molar-refractivity contribution in [3.8, 4) is 0 Å². The molecule has 3 heteroatoms. The van der Waals surface area contributed by atoms with Gasteiger partial charge in [0.25, 0.3) is 0 Å². The zero-order valence-electron chi connectivity index (χ0n) is 5.74. The van der Waals surface area contributed by atoms with E-state index in [1.165, 1.54) is 5.56 Å². The molecule has 0 bridgehead atoms. The number of rotatable bonds is 0. The molecule has 1 atom stereocenters. The number of thiol groups is 1. The summed E-state index contributed by atoms with van der Waals surface area (Å²) in [5.41, 5.74) is 2.29. The van der Waals surface area contributed by atoms with Crippen molar-refractivity contribution in [1.29, 1.82) is 0 Å². The average Bonchev–Trinajstić information content (AvgIpc) is 2.30. The molecule has 0 saturated heterocycles. The van der Waals surface area contributed by atoms with Crippen molar-refractivity contribution in [3.63, 3.8) is 0 Å². The van der Waals surface area contributed by atoms with Crippen LogP contribution in [0.2, 0.25) is 0 Å². The van der Waals surface area contributed by atoms with Gasteiger partial charge < -0.3 is 5.32 Å². The Kier molecular flexibility index (Phi) is 1.62. The fraction of sp³-hybridized carbons (Fsp3) is 0.125. The molecule has 0 amide bonds. The van der Waals surface area contributed by atoms with Crippen LogP contribution >= 0.6 is 24.8 Å². The molecule has 2 rings (SSSR count). The Hall–Kier alpha value is -0.540. The summed E-state index contributed by atoms with van der Waals surface area (Å²) in [4.78, 5) is 0.806. The lowest BCUT2D eigenvalue weighted by Gasteiger charge is -2.00. The van der Waals surface area contributed by atoms with Crippen LogP contribution in [0.25, 0.3) is 0 Å². The highest BCUT2D eigenvalue weighted by Gasteiger charge is 2.21. The van der Waals surface area contributed by atoms with Crippen LogP contribution in [-0.4, -0.2) is 4.99 Å². The molecule has 11 heavy (non-hydrogen) atoms. The van der Waals surface area contributed by atoms with Crippen LogP contribution < -0.4 is 5.32 Å². The molecule has 1 aromatic carbocycles. The third-order valence-electron chi connectivity index (χ3n) is 1.77. The van der Waals surface area contributed by atoms with Crippen molar-refractivity contribution >= 4 is 29.8 Å². The third-order valence-corrected chi connectivity index (χ3v) is 2.51. The van der Waals surface area contributed by atoms with Crippen molar-refractivity contribution < 1.29 is 0 Å². The molecule has 0 aliphatic carbocycles. The monoisotopic (exact) mass is 181 g/mol. The van der Waals surface area contributed by atoms with Crippen molar-refractivity contribution in [1.82, 2.24) is 5.32 Å². The molecule has 0 radical (unpaired) electrons. The van der Waals surface area contributed by atoms with Gasteiger partial charge >= 0.3 is 0 Å². The third kappa shape index (κ3) is 1.04. The smallest absolute Gasteiger partial charge is 0.108 e. The molecule has 1 heterocycles. The standard InChI is InChI=1S/C8H7NS2/c10-7-5-3-1-2-4-6(5)8(11)9-7/h1-4,7,10H,(H,9,11). The molecule has 1 nitrogen and oxygen atoms in total. The molecule has 1 aliphatic rings. The minimum atomic E-state index is 0.0821. The second kappa shape index (κ2) is 2.50. The summed E-state index contributed by atoms with van der Waals surface area (Å²) in [5.74, 6) is 0. The van der Waals surface area contributed by atoms with Crippen molar-refractivity contribution in [2.75, 3.05) is 0 Å². The number of nitrogens with one attached hydrogen (secondary N) is 1. The van der Waals surface area contributed by atoms with Gasteiger partial charge in [-0.1, -0.05) is 36.5 Å². The van der Waals surface area contributed by atoms with Crippen LogP contribution in [0.5, 0.6) is 0 Å². The van der Waals surface area contributed by atoms with E-state index in [1.807, 2.05) is 24.3 Å². The minimum Gasteiger partial charge on any atom is -0.360 e. The molecule has 0 spiro atoms. The first-order chi connectivity index (χ1) is 5.29. The Morgan fingerprint density at radius 1 is 1.36 bits per heavy atom. The zero-order valence-corrected chi connectivity index (χ0v) is 7.45. The van der Waals surface area contributed by atoms with Gasteiger partial charge in [0.1, 0.15) is 4.99 Å². The Bertz CT molecular complexity index is 309. The van der Waals surface area contributed by atoms with E-state index < -0.39 is 0 Å². The van der Waals surface area contributed by atoms with Crippen LogP contribution in [0.4, 0.5) is 0 Å². The quantitative estimate of drug-likeness (QED) is 0.468. The van der Waals surface area contributed by atoms with Crippen molar-refractivity contribution in [2.24, 2.45) is 0 Å². The van der Waals surface area contributed by atoms with E-state index >= 15 is 0 Å². The summed E-state index contributed by atoms with van der Waals surface area (Å²) < 4.78 is 0. The van der Waals surface area contributed by atoms with E-state index in [9.17, 15) is 0 Å². The van der Waals surface area contributed by atoms with Crippen LogP contribution in [0.1, 0.15) is 16.5 Å². The van der Waals surface area contributed by atoms with Crippen LogP contribution in [-0.2, 0) is 0 Å². The van der Waals surface area contributed by atoms with E-state index in [2.05, 4.69) is 17.9 Å². The van der Waals surface area contributed by atoms with Crippen LogP contribution in [0.3, 0.4) is 0 Å². The molecule has 0 saturated carbocycles. The highest BCUT2D eigenvalue weighted by Crippen LogP contribution is 2.27. The lowest BCUT2D eigenvalue weighted by molar-refractivity contribution is 0.950. The van der Waals surface area contributed by atoms with E-state index in [4.69, 9.17) is 12.2 Å². The molecule has 1 aromatic rings. The van der Waals surface area contributed by atoms with Gasteiger partial charge in [0.2, 0.25) is 0 Å². The van der Waals surface area contributed by atoms with Crippen LogP contribution in [0, 0.1) is 0 Å². The normalized spacial score (nSPS) is 21.2. The molecule has 1 aliphatic heterocycles. The molecular weight excluding hydrogens is 174 g/mol. The van der Waals surface area contributed by atoms with E-state index in [0.29, 0.717) is 0 Å². The van der Waals surface area contributed by atoms with E-state index in [-0.39, 0.29) is 5.37 Å². The van der Waals surface area contributed by atoms with Crippen LogP contribution in [0.15, 0.2) is 24.3 Å². The van der Waals surface area contributed by atoms with Gasteiger partial charge in [-0.2, -0.15) is 0 Å². The predicted molar refractivity (Wildman–Crippen MR) is 53.0 cm³/mol. The maximum Gasteiger partial charge on any atom is 0.108 e. The van der Waals surface area contributed by atoms with Crippen molar-refractivity contribution in [2.45, 2.75) is 5.37 Å². The largest absolute Gasteiger partial charge is 0.360 e. The summed E-state index contributed by atoms with van der Waals surface area (Å²) in [6.45, 7) is 0. The molecule has 0 fully saturated rings. The van der Waals surface area contributed by atoms with Gasteiger partial charge in [-0.3, -0.25) is 0 Å². The molecule has 1 N–H and O–H groups in total. The molecule has 0 aromatic heterocycles. The molecular formula is C8H7NS2. The maximum absolute atomic E-state index is 5.09. The second-order valence-electron chi connectivity index (χ2n) is 2.46. The van der Waals surface area contributed by atoms with Crippen molar-refractivity contribution in [3.05, 3.63) is 35.4 Å². The van der Waals surface area contributed by atoms with Gasteiger partial charge in [0.05, 0.1) is 5.37 Å². The average molecular weight is 181 g/mol. The Labute approximate surface area is 76.2 Å². The van der Waals surface area contributed by atoms with Gasteiger partial charge in [0.15, 0.2) is 0 Å². The maximum atomic E-state index is 5.09. The Balaban J connectivity index is 2.60. The fourth-order valence-corrected chi connectivity index (χ4v) is 1.97. The van der Waals surface area contributed by atoms with E-state index in [0.717, 1.165) is 10.6 Å². The van der Waals surface area contributed by atoms with Gasteiger partial charge in [-0.25, -0.2) is 0 Å². The lowest BCUT2D eigenvalue weighted by Crippen LogP contribution is -2.13. The summed E-state index contributed by atoms with van der Waals surface area (Å²) in [6, 6.07) is 8.04. The fourth-order valence-electron chi connectivity index (χ4n) is 1.22. The summed E-state index contributed by atoms with van der Waals surface area (Å²) in [6.07, 6.45) is 0. The summed E-state index contributed by atoms with van der Waals surface area (Å²) >= 11 is 9.42. The number of benzene rings is 1. The summed E-state index contributed by atoms with van der Waals surface area (Å²) in [5, 5.41) is 3.16. The van der Waals surface area contributed by atoms with Gasteiger partial charge in [0, 0.05) is 5.56 Å². The minimum absolute atomic E-state index is 0.0821. The highest BCUT2D eigenvalue weighted by molar-refractivity contribution is 7.82. The number of thiocarbonyl (C=S) groups is 1. The highest BCUT2D eigenvalue weighted by atomic mass is 32.1. The lowest BCUT2D eigenvalue weighted by atomic mass is 10.1. The first kappa shape index (κ1) is 7.13. The number of hydrogen-bond donors (Lipinski definition) is 2. The SMILES string of the molecule is S=C1NC(S)c2ccccc21. The van der Waals surface area contributed by atoms with Gasteiger partial charge in [-0.05, 0) is 5.56 Å². The van der Waals surface area contributed by atoms with Gasteiger partial charge in [-0.15, -0.1) is 12.6 Å². The molecule has 56 valence electrons.